The van der Waals surface area contributed by atoms with Crippen LogP contribution in [-0.2, 0) is 9.53 Å². The second-order valence-electron chi connectivity index (χ2n) is 6.65. The fourth-order valence-electron chi connectivity index (χ4n) is 3.09. The normalized spacial score (nSPS) is 16.2. The smallest absolute Gasteiger partial charge is 0.338 e. The Hall–Kier alpha value is -3.30. The van der Waals surface area contributed by atoms with E-state index >= 15 is 0 Å². The van der Waals surface area contributed by atoms with Crippen molar-refractivity contribution in [3.63, 3.8) is 0 Å². The van der Waals surface area contributed by atoms with Crippen LogP contribution >= 0.6 is 0 Å². The lowest BCUT2D eigenvalue weighted by atomic mass is 9.92. The number of nitro benzene ring substituents is 1. The van der Waals surface area contributed by atoms with E-state index < -0.39 is 23.0 Å². The summed E-state index contributed by atoms with van der Waals surface area (Å²) in [6, 6.07) is 1.07. The van der Waals surface area contributed by atoms with Crippen molar-refractivity contribution in [3.05, 3.63) is 39.1 Å². The molecule has 0 spiro atoms. The molecular formula is C19H25N3O7. The van der Waals surface area contributed by atoms with Crippen LogP contribution in [0.15, 0.2) is 23.4 Å². The number of methoxy groups -OCH3 is 2. The lowest BCUT2D eigenvalue weighted by molar-refractivity contribution is -0.385. The van der Waals surface area contributed by atoms with E-state index in [0.717, 1.165) is 0 Å². The number of carbonyl (C=O) groups excluding carboxylic acids is 2. The first kappa shape index (κ1) is 22.0. The number of carbonyl (C=O) groups is 2. The molecule has 2 N–H and O–H groups in total. The second-order valence-corrected chi connectivity index (χ2v) is 6.65. The summed E-state index contributed by atoms with van der Waals surface area (Å²) in [6.07, 6.45) is 0.705. The quantitative estimate of drug-likeness (QED) is 0.385. The molecule has 0 fully saturated rings. The molecule has 158 valence electrons. The van der Waals surface area contributed by atoms with Gasteiger partial charge in [-0.05, 0) is 20.3 Å². The molecule has 0 aromatic heterocycles. The molecule has 1 aliphatic heterocycles. The van der Waals surface area contributed by atoms with Gasteiger partial charge in [-0.1, -0.05) is 13.3 Å². The number of nitrogens with zero attached hydrogens (tertiary/aromatic N) is 1. The van der Waals surface area contributed by atoms with Crippen LogP contribution in [0.4, 0.5) is 10.5 Å². The predicted molar refractivity (Wildman–Crippen MR) is 104 cm³/mol. The summed E-state index contributed by atoms with van der Waals surface area (Å²) in [4.78, 5) is 36.0. The van der Waals surface area contributed by atoms with Crippen molar-refractivity contribution in [3.8, 4) is 11.5 Å². The first-order valence-electron chi connectivity index (χ1n) is 9.15. The zero-order chi connectivity index (χ0) is 21.7. The minimum Gasteiger partial charge on any atom is -0.496 e. The second kappa shape index (κ2) is 9.26. The van der Waals surface area contributed by atoms with Gasteiger partial charge < -0.3 is 24.8 Å². The van der Waals surface area contributed by atoms with Gasteiger partial charge in [-0.15, -0.1) is 0 Å². The van der Waals surface area contributed by atoms with E-state index in [1.54, 1.807) is 13.8 Å². The predicted octanol–water partition coefficient (Wildman–Crippen LogP) is 2.97. The third-order valence-electron chi connectivity index (χ3n) is 4.26. The average Bonchev–Trinajstić information content (AvgIpc) is 2.65. The molecule has 10 nitrogen and oxygen atoms in total. The van der Waals surface area contributed by atoms with Crippen molar-refractivity contribution in [1.29, 1.82) is 0 Å². The SMILES string of the molecule is CCCC1=C(C(=O)OC(C)C)C(c2cc([N+](=O)[O-])c(OC)cc2OC)NC(=O)N1. The highest BCUT2D eigenvalue weighted by molar-refractivity contribution is 5.95. The summed E-state index contributed by atoms with van der Waals surface area (Å²) >= 11 is 0. The Bertz CT molecular complexity index is 848. The standard InChI is InChI=1S/C19H25N3O7/c1-6-7-12-16(18(23)29-10(2)3)17(21-19(24)20-12)11-8-13(22(25)26)15(28-5)9-14(11)27-4/h8-10,17H,6-7H2,1-5H3,(H2,20,21,24). The maximum absolute atomic E-state index is 12.9. The van der Waals surface area contributed by atoms with Crippen LogP contribution in [0.2, 0.25) is 0 Å². The molecule has 1 aliphatic rings. The van der Waals surface area contributed by atoms with Gasteiger partial charge in [0.05, 0.1) is 36.9 Å². The van der Waals surface area contributed by atoms with Crippen LogP contribution in [0.25, 0.3) is 0 Å². The van der Waals surface area contributed by atoms with Crippen LogP contribution in [0.1, 0.15) is 45.2 Å². The lowest BCUT2D eigenvalue weighted by Gasteiger charge is -2.30. The van der Waals surface area contributed by atoms with E-state index in [1.165, 1.54) is 26.4 Å². The summed E-state index contributed by atoms with van der Waals surface area (Å²) in [7, 11) is 2.69. The van der Waals surface area contributed by atoms with Crippen molar-refractivity contribution in [2.24, 2.45) is 0 Å². The summed E-state index contributed by atoms with van der Waals surface area (Å²) in [5, 5.41) is 16.8. The Kier molecular flexibility index (Phi) is 7.03. The molecule has 1 unspecified atom stereocenters. The Morgan fingerprint density at radius 2 is 1.90 bits per heavy atom. The maximum Gasteiger partial charge on any atom is 0.338 e. The Morgan fingerprint density at radius 3 is 2.41 bits per heavy atom. The number of allylic oxidation sites excluding steroid dienone is 1. The topological polar surface area (TPSA) is 129 Å². The van der Waals surface area contributed by atoms with Gasteiger partial charge in [0.2, 0.25) is 5.75 Å². The Balaban J connectivity index is 2.72. The van der Waals surface area contributed by atoms with Crippen molar-refractivity contribution >= 4 is 17.7 Å². The Morgan fingerprint density at radius 1 is 1.24 bits per heavy atom. The first-order chi connectivity index (χ1) is 13.7. The molecule has 1 heterocycles. The monoisotopic (exact) mass is 407 g/mol. The molecule has 0 saturated carbocycles. The summed E-state index contributed by atoms with van der Waals surface area (Å²) in [5.41, 5.74) is 0.522. The van der Waals surface area contributed by atoms with E-state index in [-0.39, 0.29) is 34.4 Å². The third-order valence-corrected chi connectivity index (χ3v) is 4.26. The van der Waals surface area contributed by atoms with Crippen LogP contribution in [-0.4, -0.2) is 37.2 Å². The first-order valence-corrected chi connectivity index (χ1v) is 9.15. The molecule has 29 heavy (non-hydrogen) atoms. The number of nitrogens with one attached hydrogen (secondary N) is 2. The fraction of sp³-hybridized carbons (Fsp3) is 0.474. The van der Waals surface area contributed by atoms with Crippen molar-refractivity contribution in [2.45, 2.75) is 45.8 Å². The third kappa shape index (κ3) is 4.76. The molecule has 2 rings (SSSR count). The van der Waals surface area contributed by atoms with E-state index in [2.05, 4.69) is 10.6 Å². The molecule has 1 atom stereocenters. The van der Waals surface area contributed by atoms with Gasteiger partial charge in [-0.3, -0.25) is 10.1 Å². The lowest BCUT2D eigenvalue weighted by Crippen LogP contribution is -2.46. The number of amides is 2. The van der Waals surface area contributed by atoms with E-state index in [1.807, 2.05) is 6.92 Å². The van der Waals surface area contributed by atoms with Gasteiger partial charge in [-0.2, -0.15) is 0 Å². The van der Waals surface area contributed by atoms with E-state index in [0.29, 0.717) is 18.5 Å². The van der Waals surface area contributed by atoms with Crippen LogP contribution in [0.5, 0.6) is 11.5 Å². The largest absolute Gasteiger partial charge is 0.496 e. The minimum atomic E-state index is -0.990. The van der Waals surface area contributed by atoms with E-state index in [4.69, 9.17) is 14.2 Å². The fourth-order valence-corrected chi connectivity index (χ4v) is 3.09. The molecule has 0 saturated heterocycles. The van der Waals surface area contributed by atoms with Crippen molar-refractivity contribution in [2.75, 3.05) is 14.2 Å². The maximum atomic E-state index is 12.9. The molecule has 0 bridgehead atoms. The number of urea groups is 1. The average molecular weight is 407 g/mol. The van der Waals surface area contributed by atoms with Gasteiger partial charge in [0, 0.05) is 23.4 Å². The summed E-state index contributed by atoms with van der Waals surface area (Å²) in [6.45, 7) is 5.32. The van der Waals surface area contributed by atoms with Crippen LogP contribution in [0, 0.1) is 10.1 Å². The Labute approximate surface area is 168 Å². The molecule has 10 heteroatoms. The zero-order valence-electron chi connectivity index (χ0n) is 17.0. The molecule has 0 aliphatic carbocycles. The molecule has 0 radical (unpaired) electrons. The molecule has 1 aromatic rings. The minimum absolute atomic E-state index is 0.0000656. The van der Waals surface area contributed by atoms with Crippen LogP contribution < -0.4 is 20.1 Å². The van der Waals surface area contributed by atoms with Gasteiger partial charge in [0.15, 0.2) is 0 Å². The highest BCUT2D eigenvalue weighted by Gasteiger charge is 2.37. The van der Waals surface area contributed by atoms with Crippen molar-refractivity contribution < 1.29 is 28.7 Å². The number of esters is 1. The number of nitro groups is 1. The number of ether oxygens (including phenoxy) is 3. The number of benzene rings is 1. The molecule has 2 amide bonds. The van der Waals surface area contributed by atoms with E-state index in [9.17, 15) is 19.7 Å². The highest BCUT2D eigenvalue weighted by Crippen LogP contribution is 2.41. The molecule has 1 aromatic carbocycles. The summed E-state index contributed by atoms with van der Waals surface area (Å²) < 4.78 is 15.8. The number of hydrogen-bond acceptors (Lipinski definition) is 7. The summed E-state index contributed by atoms with van der Waals surface area (Å²) in [5.74, 6) is -0.397. The van der Waals surface area contributed by atoms with Crippen LogP contribution in [0.3, 0.4) is 0 Å². The zero-order valence-corrected chi connectivity index (χ0v) is 17.0. The van der Waals surface area contributed by atoms with Gasteiger partial charge in [-0.25, -0.2) is 9.59 Å². The van der Waals surface area contributed by atoms with Gasteiger partial charge in [0.25, 0.3) is 0 Å². The van der Waals surface area contributed by atoms with Gasteiger partial charge in [0.1, 0.15) is 5.75 Å². The molecular weight excluding hydrogens is 382 g/mol. The van der Waals surface area contributed by atoms with Gasteiger partial charge >= 0.3 is 17.7 Å². The number of hydrogen-bond donors (Lipinski definition) is 2. The highest BCUT2D eigenvalue weighted by atomic mass is 16.6. The number of rotatable bonds is 8. The van der Waals surface area contributed by atoms with Crippen molar-refractivity contribution in [1.82, 2.24) is 10.6 Å².